The van der Waals surface area contributed by atoms with Gasteiger partial charge in [0.05, 0.1) is 0 Å². The number of piperidine rings is 1. The monoisotopic (exact) mass is 329 g/mol. The van der Waals surface area contributed by atoms with E-state index in [2.05, 4.69) is 17.1 Å². The third-order valence-electron chi connectivity index (χ3n) is 4.28. The molecule has 128 valence electrons. The van der Waals surface area contributed by atoms with Gasteiger partial charge in [-0.15, -0.1) is 0 Å². The van der Waals surface area contributed by atoms with E-state index >= 15 is 0 Å². The topological polar surface area (TPSA) is 96.6 Å². The number of phenols is 2. The molecule has 1 atom stereocenters. The molecule has 2 rings (SSSR count). The smallest absolute Gasteiger partial charge is 0.261 e. The lowest BCUT2D eigenvalue weighted by atomic mass is 9.98. The summed E-state index contributed by atoms with van der Waals surface area (Å²) < 4.78 is 0. The molecule has 24 heavy (non-hydrogen) atoms. The van der Waals surface area contributed by atoms with Crippen molar-refractivity contribution >= 4 is 12.0 Å². The zero-order chi connectivity index (χ0) is 17.5. The normalized spacial score (nSPS) is 18.8. The molecule has 1 amide bonds. The van der Waals surface area contributed by atoms with Crippen LogP contribution in [0.15, 0.2) is 23.8 Å². The molecule has 1 aliphatic rings. The molecule has 1 aromatic carbocycles. The Morgan fingerprint density at radius 3 is 2.92 bits per heavy atom. The number of carbonyl (C=O) groups excluding carboxylic acids is 1. The van der Waals surface area contributed by atoms with Gasteiger partial charge in [-0.1, -0.05) is 13.0 Å². The van der Waals surface area contributed by atoms with Crippen molar-refractivity contribution < 1.29 is 15.0 Å². The number of phenolic OH excluding ortho intramolecular Hbond substituents is 2. The van der Waals surface area contributed by atoms with Crippen LogP contribution < -0.4 is 5.32 Å². The van der Waals surface area contributed by atoms with Crippen molar-refractivity contribution in [3.05, 3.63) is 29.3 Å². The van der Waals surface area contributed by atoms with Crippen LogP contribution in [-0.4, -0.2) is 47.2 Å². The van der Waals surface area contributed by atoms with E-state index in [9.17, 15) is 20.3 Å². The number of hydrogen-bond acceptors (Lipinski definition) is 5. The first-order valence-electron chi connectivity index (χ1n) is 8.17. The zero-order valence-electron chi connectivity index (χ0n) is 13.8. The summed E-state index contributed by atoms with van der Waals surface area (Å²) in [5.74, 6) is -0.546. The van der Waals surface area contributed by atoms with Crippen molar-refractivity contribution in [2.75, 3.05) is 26.2 Å². The van der Waals surface area contributed by atoms with Crippen molar-refractivity contribution in [1.82, 2.24) is 10.2 Å². The second-order valence-electron chi connectivity index (χ2n) is 6.03. The van der Waals surface area contributed by atoms with Crippen LogP contribution in [0.2, 0.25) is 0 Å². The van der Waals surface area contributed by atoms with Crippen LogP contribution in [0.25, 0.3) is 6.08 Å². The number of nitrogens with one attached hydrogen (secondary N) is 1. The number of likely N-dealkylation sites (tertiary alicyclic amines) is 1. The SMILES string of the molecule is CCN1CCCC(CNC(=O)/C(C#N)=C/c2ccc(O)c(O)c2)C1. The molecule has 3 N–H and O–H groups in total. The van der Waals surface area contributed by atoms with Crippen molar-refractivity contribution in [3.8, 4) is 17.6 Å². The standard InChI is InChI=1S/C18H23N3O3/c1-2-21-7-3-4-14(12-21)11-20-18(24)15(10-19)8-13-5-6-16(22)17(23)9-13/h5-6,8-9,14,22-23H,2-4,7,11-12H2,1H3,(H,20,24)/b15-8+. The van der Waals surface area contributed by atoms with Crippen LogP contribution in [-0.2, 0) is 4.79 Å². The maximum Gasteiger partial charge on any atom is 0.261 e. The van der Waals surface area contributed by atoms with E-state index in [0.717, 1.165) is 32.5 Å². The highest BCUT2D eigenvalue weighted by atomic mass is 16.3. The number of nitrogens with zero attached hydrogens (tertiary/aromatic N) is 2. The molecule has 0 radical (unpaired) electrons. The molecular weight excluding hydrogens is 306 g/mol. The van der Waals surface area contributed by atoms with E-state index in [1.807, 2.05) is 6.07 Å². The van der Waals surface area contributed by atoms with E-state index in [0.29, 0.717) is 18.0 Å². The molecule has 0 aliphatic carbocycles. The minimum absolute atomic E-state index is 0.0248. The van der Waals surface area contributed by atoms with Gasteiger partial charge in [0.15, 0.2) is 11.5 Å². The third kappa shape index (κ3) is 4.74. The number of nitriles is 1. The number of carbonyl (C=O) groups is 1. The average molecular weight is 329 g/mol. The summed E-state index contributed by atoms with van der Waals surface area (Å²) in [7, 11) is 0. The number of aromatic hydroxyl groups is 2. The van der Waals surface area contributed by atoms with Crippen LogP contribution in [0, 0.1) is 17.2 Å². The molecule has 0 aromatic heterocycles. The molecule has 1 unspecified atom stereocenters. The number of rotatable bonds is 5. The predicted octanol–water partition coefficient (Wildman–Crippen LogP) is 1.85. The summed E-state index contributed by atoms with van der Waals surface area (Å²) in [5.41, 5.74) is 0.454. The first-order valence-corrected chi connectivity index (χ1v) is 8.17. The molecule has 6 heteroatoms. The molecule has 1 heterocycles. The second kappa shape index (κ2) is 8.37. The summed E-state index contributed by atoms with van der Waals surface area (Å²) in [6, 6.07) is 6.03. The molecule has 0 bridgehead atoms. The fraction of sp³-hybridized carbons (Fsp3) is 0.444. The van der Waals surface area contributed by atoms with Crippen LogP contribution in [0.4, 0.5) is 0 Å². The highest BCUT2D eigenvalue weighted by molar-refractivity contribution is 6.01. The van der Waals surface area contributed by atoms with Crippen molar-refractivity contribution in [2.24, 2.45) is 5.92 Å². The first-order chi connectivity index (χ1) is 11.5. The lowest BCUT2D eigenvalue weighted by Gasteiger charge is -2.31. The van der Waals surface area contributed by atoms with Crippen LogP contribution >= 0.6 is 0 Å². The minimum Gasteiger partial charge on any atom is -0.504 e. The van der Waals surface area contributed by atoms with Crippen molar-refractivity contribution in [2.45, 2.75) is 19.8 Å². The molecule has 6 nitrogen and oxygen atoms in total. The summed E-state index contributed by atoms with van der Waals surface area (Å²) >= 11 is 0. The Morgan fingerprint density at radius 2 is 2.25 bits per heavy atom. The first kappa shape index (κ1) is 17.8. The van der Waals surface area contributed by atoms with E-state index in [1.165, 1.54) is 24.3 Å². The van der Waals surface area contributed by atoms with E-state index in [4.69, 9.17) is 0 Å². The van der Waals surface area contributed by atoms with Crippen molar-refractivity contribution in [3.63, 3.8) is 0 Å². The van der Waals surface area contributed by atoms with Crippen molar-refractivity contribution in [1.29, 1.82) is 5.26 Å². The zero-order valence-corrected chi connectivity index (χ0v) is 13.8. The van der Waals surface area contributed by atoms with Gasteiger partial charge >= 0.3 is 0 Å². The number of benzene rings is 1. The maximum atomic E-state index is 12.2. The van der Waals surface area contributed by atoms with Gasteiger partial charge in [0.2, 0.25) is 0 Å². The quantitative estimate of drug-likeness (QED) is 0.435. The minimum atomic E-state index is -0.418. The molecular formula is C18H23N3O3. The Bertz CT molecular complexity index is 664. The molecule has 0 saturated carbocycles. The molecule has 1 fully saturated rings. The lowest BCUT2D eigenvalue weighted by molar-refractivity contribution is -0.117. The molecule has 1 aromatic rings. The predicted molar refractivity (Wildman–Crippen MR) is 91.2 cm³/mol. The Hall–Kier alpha value is -2.52. The van der Waals surface area contributed by atoms with Gasteiger partial charge in [0.25, 0.3) is 5.91 Å². The van der Waals surface area contributed by atoms with Gasteiger partial charge < -0.3 is 20.4 Å². The summed E-state index contributed by atoms with van der Waals surface area (Å²) in [6.45, 7) is 5.76. The number of hydrogen-bond donors (Lipinski definition) is 3. The van der Waals surface area contributed by atoms with Gasteiger partial charge in [-0.05, 0) is 55.6 Å². The summed E-state index contributed by atoms with van der Waals surface area (Å²) in [5, 5.41) is 30.8. The largest absolute Gasteiger partial charge is 0.504 e. The fourth-order valence-electron chi connectivity index (χ4n) is 2.88. The average Bonchev–Trinajstić information content (AvgIpc) is 2.60. The van der Waals surface area contributed by atoms with Gasteiger partial charge in [-0.2, -0.15) is 5.26 Å². The summed E-state index contributed by atoms with van der Waals surface area (Å²) in [4.78, 5) is 14.6. The highest BCUT2D eigenvalue weighted by Crippen LogP contribution is 2.25. The molecule has 1 saturated heterocycles. The maximum absolute atomic E-state index is 12.2. The fourth-order valence-corrected chi connectivity index (χ4v) is 2.88. The van der Waals surface area contributed by atoms with Gasteiger partial charge in [-0.25, -0.2) is 0 Å². The van der Waals surface area contributed by atoms with Crippen LogP contribution in [0.1, 0.15) is 25.3 Å². The highest BCUT2D eigenvalue weighted by Gasteiger charge is 2.20. The van der Waals surface area contributed by atoms with Crippen LogP contribution in [0.5, 0.6) is 11.5 Å². The second-order valence-corrected chi connectivity index (χ2v) is 6.03. The van der Waals surface area contributed by atoms with Gasteiger partial charge in [0, 0.05) is 13.1 Å². The Labute approximate surface area is 142 Å². The van der Waals surface area contributed by atoms with E-state index in [-0.39, 0.29) is 17.1 Å². The van der Waals surface area contributed by atoms with Gasteiger partial charge in [0.1, 0.15) is 11.6 Å². The Morgan fingerprint density at radius 1 is 1.46 bits per heavy atom. The van der Waals surface area contributed by atoms with E-state index < -0.39 is 5.91 Å². The Kier molecular flexibility index (Phi) is 6.21. The molecule has 1 aliphatic heterocycles. The van der Waals surface area contributed by atoms with Crippen LogP contribution in [0.3, 0.4) is 0 Å². The molecule has 0 spiro atoms. The third-order valence-corrected chi connectivity index (χ3v) is 4.28. The number of amides is 1. The van der Waals surface area contributed by atoms with Gasteiger partial charge in [-0.3, -0.25) is 4.79 Å². The lowest BCUT2D eigenvalue weighted by Crippen LogP contribution is -2.40. The summed E-state index contributed by atoms with van der Waals surface area (Å²) in [6.07, 6.45) is 3.60. The Balaban J connectivity index is 1.97. The van der Waals surface area contributed by atoms with E-state index in [1.54, 1.807) is 0 Å².